The number of likely N-dealkylation sites (tertiary alicyclic amines) is 1. The molecule has 2 aromatic rings. The molecule has 0 N–H and O–H groups in total. The first-order valence-electron chi connectivity index (χ1n) is 8.07. The fourth-order valence-electron chi connectivity index (χ4n) is 2.83. The van der Waals surface area contributed by atoms with Gasteiger partial charge in [-0.3, -0.25) is 4.79 Å². The van der Waals surface area contributed by atoms with Crippen molar-refractivity contribution in [2.24, 2.45) is 0 Å². The third-order valence-electron chi connectivity index (χ3n) is 4.30. The van der Waals surface area contributed by atoms with Crippen LogP contribution >= 0.6 is 0 Å². The summed E-state index contributed by atoms with van der Waals surface area (Å²) in [6, 6.07) is 5.64. The minimum Gasteiger partial charge on any atom is -0.487 e. The average molecular weight is 343 g/mol. The molecule has 0 saturated carbocycles. The number of carbonyl (C=O) groups excluding carboxylic acids is 1. The summed E-state index contributed by atoms with van der Waals surface area (Å²) in [6.07, 6.45) is 4.00. The maximum absolute atomic E-state index is 13.9. The summed E-state index contributed by atoms with van der Waals surface area (Å²) >= 11 is 0. The van der Waals surface area contributed by atoms with Gasteiger partial charge in [0.1, 0.15) is 24.8 Å². The van der Waals surface area contributed by atoms with Crippen LogP contribution in [0.5, 0.6) is 5.75 Å². The summed E-state index contributed by atoms with van der Waals surface area (Å²) in [6.45, 7) is 2.87. The molecule has 1 amide bonds. The molecule has 0 aliphatic carbocycles. The molecule has 0 spiro atoms. The van der Waals surface area contributed by atoms with Crippen LogP contribution in [0.3, 0.4) is 0 Å². The number of hydrogen-bond acceptors (Lipinski definition) is 5. The van der Waals surface area contributed by atoms with Gasteiger partial charge in [0.15, 0.2) is 11.6 Å². The molecule has 7 nitrogen and oxygen atoms in total. The number of nitrogens with zero attached hydrogens (tertiary/aromatic N) is 5. The summed E-state index contributed by atoms with van der Waals surface area (Å²) in [5.41, 5.74) is 0.257. The fourth-order valence-corrected chi connectivity index (χ4v) is 2.83. The van der Waals surface area contributed by atoms with E-state index in [9.17, 15) is 9.18 Å². The van der Waals surface area contributed by atoms with Gasteiger partial charge in [0.05, 0.1) is 11.6 Å². The minimum atomic E-state index is -0.544. The number of amides is 1. The first-order chi connectivity index (χ1) is 12.1. The smallest absolute Gasteiger partial charge is 0.247 e. The lowest BCUT2D eigenvalue weighted by Gasteiger charge is -2.33. The van der Waals surface area contributed by atoms with Crippen LogP contribution in [0.25, 0.3) is 0 Å². The first-order valence-corrected chi connectivity index (χ1v) is 8.07. The predicted molar refractivity (Wildman–Crippen MR) is 86.1 cm³/mol. The molecule has 3 rings (SSSR count). The average Bonchev–Trinajstić information content (AvgIpc) is 3.17. The molecule has 1 atom stereocenters. The third kappa shape index (κ3) is 3.76. The molecule has 1 aliphatic heterocycles. The van der Waals surface area contributed by atoms with E-state index in [0.717, 1.165) is 6.07 Å². The quantitative estimate of drug-likeness (QED) is 0.847. The number of aromatic nitrogens is 3. The SMILES string of the molecule is CC(C(=O)N1CCC(Oc2ccc(C#N)cc2F)CC1)n1cncn1. The van der Waals surface area contributed by atoms with E-state index in [1.165, 1.54) is 29.5 Å². The van der Waals surface area contributed by atoms with Gasteiger partial charge in [-0.05, 0) is 25.1 Å². The van der Waals surface area contributed by atoms with E-state index < -0.39 is 11.9 Å². The highest BCUT2D eigenvalue weighted by Crippen LogP contribution is 2.24. The zero-order valence-corrected chi connectivity index (χ0v) is 13.8. The van der Waals surface area contributed by atoms with Crippen LogP contribution in [0.2, 0.25) is 0 Å². The Balaban J connectivity index is 1.55. The summed E-state index contributed by atoms with van der Waals surface area (Å²) in [4.78, 5) is 18.1. The number of nitriles is 1. The van der Waals surface area contributed by atoms with Crippen LogP contribution in [0.4, 0.5) is 4.39 Å². The summed E-state index contributed by atoms with van der Waals surface area (Å²) in [5, 5.41) is 12.8. The van der Waals surface area contributed by atoms with Crippen LogP contribution in [0.1, 0.15) is 31.4 Å². The molecule has 0 radical (unpaired) electrons. The van der Waals surface area contributed by atoms with Gasteiger partial charge in [0, 0.05) is 25.9 Å². The highest BCUT2D eigenvalue weighted by Gasteiger charge is 2.28. The lowest BCUT2D eigenvalue weighted by Crippen LogP contribution is -2.44. The molecule has 25 heavy (non-hydrogen) atoms. The van der Waals surface area contributed by atoms with E-state index in [1.807, 2.05) is 6.07 Å². The Bertz CT molecular complexity index is 779. The predicted octanol–water partition coefficient (Wildman–Crippen LogP) is 1.92. The van der Waals surface area contributed by atoms with Crippen LogP contribution in [-0.4, -0.2) is 44.8 Å². The Kier molecular flexibility index (Phi) is 4.93. The number of hydrogen-bond donors (Lipinski definition) is 0. The van der Waals surface area contributed by atoms with Crippen molar-refractivity contribution in [1.82, 2.24) is 19.7 Å². The molecule has 2 heterocycles. The Morgan fingerprint density at radius 1 is 1.44 bits per heavy atom. The maximum Gasteiger partial charge on any atom is 0.247 e. The fraction of sp³-hybridized carbons (Fsp3) is 0.412. The summed E-state index contributed by atoms with van der Waals surface area (Å²) in [5.74, 6) is -0.425. The van der Waals surface area contributed by atoms with Crippen LogP contribution in [-0.2, 0) is 4.79 Å². The van der Waals surface area contributed by atoms with Crippen LogP contribution in [0, 0.1) is 17.1 Å². The second-order valence-electron chi connectivity index (χ2n) is 5.95. The number of benzene rings is 1. The van der Waals surface area contributed by atoms with Crippen molar-refractivity contribution in [3.05, 3.63) is 42.2 Å². The van der Waals surface area contributed by atoms with Crippen molar-refractivity contribution in [2.45, 2.75) is 31.9 Å². The summed E-state index contributed by atoms with van der Waals surface area (Å²) < 4.78 is 21.1. The van der Waals surface area contributed by atoms with Gasteiger partial charge in [0.2, 0.25) is 5.91 Å². The van der Waals surface area contributed by atoms with Gasteiger partial charge < -0.3 is 9.64 Å². The van der Waals surface area contributed by atoms with Gasteiger partial charge in [-0.25, -0.2) is 14.1 Å². The van der Waals surface area contributed by atoms with E-state index in [4.69, 9.17) is 10.00 Å². The van der Waals surface area contributed by atoms with E-state index in [2.05, 4.69) is 10.1 Å². The van der Waals surface area contributed by atoms with E-state index >= 15 is 0 Å². The van der Waals surface area contributed by atoms with Crippen LogP contribution < -0.4 is 4.74 Å². The molecule has 1 saturated heterocycles. The topological polar surface area (TPSA) is 84.0 Å². The largest absolute Gasteiger partial charge is 0.487 e. The van der Waals surface area contributed by atoms with Gasteiger partial charge >= 0.3 is 0 Å². The van der Waals surface area contributed by atoms with Crippen molar-refractivity contribution in [3.63, 3.8) is 0 Å². The summed E-state index contributed by atoms with van der Waals surface area (Å²) in [7, 11) is 0. The van der Waals surface area contributed by atoms with Gasteiger partial charge in [-0.15, -0.1) is 0 Å². The molecule has 0 bridgehead atoms. The molecule has 130 valence electrons. The standard InChI is InChI=1S/C17H18FN5O2/c1-12(23-11-20-10-21-23)17(24)22-6-4-14(5-7-22)25-16-3-2-13(9-19)8-15(16)18/h2-3,8,10-12,14H,4-7H2,1H3. The van der Waals surface area contributed by atoms with Crippen LogP contribution in [0.15, 0.2) is 30.9 Å². The van der Waals surface area contributed by atoms with Gasteiger partial charge in [0.25, 0.3) is 0 Å². The van der Waals surface area contributed by atoms with Crippen molar-refractivity contribution in [2.75, 3.05) is 13.1 Å². The molecule has 1 aromatic heterocycles. The van der Waals surface area contributed by atoms with Gasteiger partial charge in [-0.2, -0.15) is 10.4 Å². The Morgan fingerprint density at radius 3 is 2.80 bits per heavy atom. The highest BCUT2D eigenvalue weighted by molar-refractivity contribution is 5.80. The second-order valence-corrected chi connectivity index (χ2v) is 5.95. The molecule has 8 heteroatoms. The van der Waals surface area contributed by atoms with Crippen molar-refractivity contribution >= 4 is 5.91 Å². The van der Waals surface area contributed by atoms with E-state index in [1.54, 1.807) is 11.8 Å². The molecule has 1 aliphatic rings. The van der Waals surface area contributed by atoms with Crippen molar-refractivity contribution in [1.29, 1.82) is 5.26 Å². The first kappa shape index (κ1) is 16.9. The molecule has 1 fully saturated rings. The number of carbonyl (C=O) groups is 1. The van der Waals surface area contributed by atoms with Crippen molar-refractivity contribution < 1.29 is 13.9 Å². The van der Waals surface area contributed by atoms with E-state index in [0.29, 0.717) is 25.9 Å². The van der Waals surface area contributed by atoms with Gasteiger partial charge in [-0.1, -0.05) is 0 Å². The molecular weight excluding hydrogens is 325 g/mol. The minimum absolute atomic E-state index is 0.0199. The lowest BCUT2D eigenvalue weighted by molar-refractivity contribution is -0.136. The molecule has 1 aromatic carbocycles. The number of piperidine rings is 1. The third-order valence-corrected chi connectivity index (χ3v) is 4.30. The monoisotopic (exact) mass is 343 g/mol. The molecular formula is C17H18FN5O2. The number of rotatable bonds is 4. The lowest BCUT2D eigenvalue weighted by atomic mass is 10.1. The maximum atomic E-state index is 13.9. The number of halogens is 1. The molecule has 1 unspecified atom stereocenters. The van der Waals surface area contributed by atoms with E-state index in [-0.39, 0.29) is 23.3 Å². The Labute approximate surface area is 144 Å². The number of ether oxygens (including phenoxy) is 1. The zero-order valence-electron chi connectivity index (χ0n) is 13.8. The second kappa shape index (κ2) is 7.30. The highest BCUT2D eigenvalue weighted by atomic mass is 19.1. The normalized spacial score (nSPS) is 16.3. The zero-order chi connectivity index (χ0) is 17.8. The Morgan fingerprint density at radius 2 is 2.20 bits per heavy atom. The Hall–Kier alpha value is -2.95. The van der Waals surface area contributed by atoms with Crippen molar-refractivity contribution in [3.8, 4) is 11.8 Å².